The molecule has 0 aliphatic carbocycles. The predicted molar refractivity (Wildman–Crippen MR) is 40.6 cm³/mol. The van der Waals surface area contributed by atoms with E-state index in [0.29, 0.717) is 0 Å². The lowest BCUT2D eigenvalue weighted by Crippen LogP contribution is -1.97. The zero-order valence-electron chi connectivity index (χ0n) is 6.33. The molecule has 0 atom stereocenters. The highest BCUT2D eigenvalue weighted by Gasteiger charge is 2.00. The lowest BCUT2D eigenvalue weighted by atomic mass is 10.1. The second-order valence-electron chi connectivity index (χ2n) is 2.53. The van der Waals surface area contributed by atoms with Gasteiger partial charge in [-0.05, 0) is 12.5 Å². The van der Waals surface area contributed by atoms with Crippen LogP contribution in [-0.2, 0) is 16.3 Å². The number of carbonyl (C=O) groups is 1. The molecule has 0 amide bonds. The maximum absolute atomic E-state index is 10.1. The number of benzene rings is 1. The van der Waals surface area contributed by atoms with Gasteiger partial charge in [-0.1, -0.05) is 29.8 Å². The van der Waals surface area contributed by atoms with Crippen molar-refractivity contribution in [1.29, 1.82) is 0 Å². The number of hydrogen-bond acceptors (Lipinski definition) is 1. The Balaban J connectivity index is 2.74. The summed E-state index contributed by atoms with van der Waals surface area (Å²) in [6.45, 7) is 1.96. The molecule has 1 aromatic rings. The van der Waals surface area contributed by atoms with E-state index in [1.807, 2.05) is 19.1 Å². The predicted octanol–water partition coefficient (Wildman–Crippen LogP) is 1.49. The summed E-state index contributed by atoms with van der Waals surface area (Å²) in [5.41, 5.74) is 1.92. The highest BCUT2D eigenvalue weighted by molar-refractivity contribution is 5.69. The third-order valence-corrected chi connectivity index (χ3v) is 1.47. The zero-order chi connectivity index (χ0) is 8.27. The first kappa shape index (κ1) is 7.79. The van der Waals surface area contributed by atoms with Crippen molar-refractivity contribution in [3.63, 3.8) is 0 Å². The molecule has 0 aliphatic heterocycles. The van der Waals surface area contributed by atoms with E-state index < -0.39 is 5.97 Å². The molecule has 0 aliphatic rings. The molecule has 0 N–H and O–H groups in total. The first-order valence-corrected chi connectivity index (χ1v) is 3.44. The summed E-state index contributed by atoms with van der Waals surface area (Å²) < 4.78 is 0. The number of aryl methyl sites for hydroxylation is 1. The Hall–Kier alpha value is -1.31. The van der Waals surface area contributed by atoms with Crippen molar-refractivity contribution in [1.82, 2.24) is 0 Å². The third-order valence-electron chi connectivity index (χ3n) is 1.47. The van der Waals surface area contributed by atoms with Crippen molar-refractivity contribution in [3.05, 3.63) is 35.4 Å². The van der Waals surface area contributed by atoms with Crippen LogP contribution < -0.4 is 0 Å². The second kappa shape index (κ2) is 3.19. The van der Waals surface area contributed by atoms with E-state index in [4.69, 9.17) is 0 Å². The van der Waals surface area contributed by atoms with Crippen molar-refractivity contribution < 1.29 is 9.90 Å². The van der Waals surface area contributed by atoms with Gasteiger partial charge in [0.05, 0.1) is 6.42 Å². The van der Waals surface area contributed by atoms with E-state index in [1.54, 1.807) is 12.1 Å². The zero-order valence-corrected chi connectivity index (χ0v) is 6.33. The molecule has 0 spiro atoms. The minimum Gasteiger partial charge on any atom is -0.247 e. The number of rotatable bonds is 2. The van der Waals surface area contributed by atoms with Gasteiger partial charge in [0.2, 0.25) is 0 Å². The molecule has 2 nitrogen and oxygen atoms in total. The van der Waals surface area contributed by atoms with Gasteiger partial charge in [-0.2, -0.15) is 0 Å². The van der Waals surface area contributed by atoms with Crippen molar-refractivity contribution in [2.45, 2.75) is 13.3 Å². The Morgan fingerprint density at radius 2 is 1.82 bits per heavy atom. The highest BCUT2D eigenvalue weighted by Crippen LogP contribution is 2.03. The molecule has 2 heteroatoms. The van der Waals surface area contributed by atoms with Crippen LogP contribution in [0.3, 0.4) is 0 Å². The molecule has 0 saturated heterocycles. The summed E-state index contributed by atoms with van der Waals surface area (Å²) in [5.74, 6) is -1.03. The van der Waals surface area contributed by atoms with E-state index >= 15 is 0 Å². The third kappa shape index (κ3) is 2.42. The Bertz CT molecular complexity index is 249. The fourth-order valence-corrected chi connectivity index (χ4v) is 0.873. The minimum absolute atomic E-state index is 0.000278. The lowest BCUT2D eigenvalue weighted by Gasteiger charge is -1.94. The molecule has 1 aromatic carbocycles. The molecule has 0 saturated carbocycles. The van der Waals surface area contributed by atoms with Crippen LogP contribution in [0.25, 0.3) is 0 Å². The Morgan fingerprint density at radius 3 is 2.27 bits per heavy atom. The summed E-state index contributed by atoms with van der Waals surface area (Å²) >= 11 is 0. The summed E-state index contributed by atoms with van der Waals surface area (Å²) in [5, 5.41) is 10.1. The van der Waals surface area contributed by atoms with E-state index in [9.17, 15) is 9.90 Å². The summed E-state index contributed by atoms with van der Waals surface area (Å²) in [4.78, 5) is 10.1. The van der Waals surface area contributed by atoms with Crippen molar-refractivity contribution in [3.8, 4) is 0 Å². The fraction of sp³-hybridized carbons (Fsp3) is 0.222. The van der Waals surface area contributed by atoms with Gasteiger partial charge in [0.15, 0.2) is 0 Å². The van der Waals surface area contributed by atoms with E-state index in [2.05, 4.69) is 0 Å². The molecular formula is C9H9O2. The van der Waals surface area contributed by atoms with Gasteiger partial charge in [0.1, 0.15) is 0 Å². The van der Waals surface area contributed by atoms with Crippen LogP contribution in [0.1, 0.15) is 11.1 Å². The number of carbonyl (C=O) groups excluding carboxylic acids is 1. The smallest absolute Gasteiger partial charge is 0.247 e. The first-order chi connectivity index (χ1) is 5.18. The molecule has 1 radical (unpaired) electrons. The molecule has 11 heavy (non-hydrogen) atoms. The van der Waals surface area contributed by atoms with Crippen LogP contribution in [0.4, 0.5) is 0 Å². The van der Waals surface area contributed by atoms with Crippen molar-refractivity contribution in [2.75, 3.05) is 0 Å². The average Bonchev–Trinajstić information content (AvgIpc) is 1.93. The molecule has 0 bridgehead atoms. The van der Waals surface area contributed by atoms with Gasteiger partial charge >= 0.3 is 5.97 Å². The quantitative estimate of drug-likeness (QED) is 0.627. The molecular weight excluding hydrogens is 140 g/mol. The molecule has 0 aromatic heterocycles. The van der Waals surface area contributed by atoms with Crippen LogP contribution in [0, 0.1) is 6.92 Å². The van der Waals surface area contributed by atoms with Crippen LogP contribution in [-0.4, -0.2) is 5.97 Å². The summed E-state index contributed by atoms with van der Waals surface area (Å²) in [6.07, 6.45) is 0.000278. The van der Waals surface area contributed by atoms with Crippen LogP contribution >= 0.6 is 0 Å². The van der Waals surface area contributed by atoms with Gasteiger partial charge in [-0.15, -0.1) is 0 Å². The van der Waals surface area contributed by atoms with Crippen molar-refractivity contribution >= 4 is 5.97 Å². The number of hydrogen-bond donors (Lipinski definition) is 0. The summed E-state index contributed by atoms with van der Waals surface area (Å²) in [7, 11) is 0. The van der Waals surface area contributed by atoms with Crippen LogP contribution in [0.2, 0.25) is 0 Å². The molecule has 0 heterocycles. The monoisotopic (exact) mass is 149 g/mol. The topological polar surface area (TPSA) is 37.0 Å². The van der Waals surface area contributed by atoms with E-state index in [-0.39, 0.29) is 6.42 Å². The maximum atomic E-state index is 10.1. The minimum atomic E-state index is -1.03. The van der Waals surface area contributed by atoms with Gasteiger partial charge in [0.25, 0.3) is 0 Å². The molecule has 57 valence electrons. The fourth-order valence-electron chi connectivity index (χ4n) is 0.873. The highest BCUT2D eigenvalue weighted by atomic mass is 16.4. The molecule has 0 fully saturated rings. The average molecular weight is 149 g/mol. The van der Waals surface area contributed by atoms with Crippen molar-refractivity contribution in [2.24, 2.45) is 0 Å². The van der Waals surface area contributed by atoms with E-state index in [1.165, 1.54) is 0 Å². The Morgan fingerprint density at radius 1 is 1.27 bits per heavy atom. The maximum Gasteiger partial charge on any atom is 0.359 e. The van der Waals surface area contributed by atoms with Crippen LogP contribution in [0.5, 0.6) is 0 Å². The molecule has 1 rings (SSSR count). The Labute approximate surface area is 65.5 Å². The SMILES string of the molecule is Cc1ccc(CC([O])=O)cc1. The first-order valence-electron chi connectivity index (χ1n) is 3.44. The Kier molecular flexibility index (Phi) is 2.26. The van der Waals surface area contributed by atoms with Gasteiger partial charge < -0.3 is 0 Å². The van der Waals surface area contributed by atoms with Gasteiger partial charge in [-0.25, -0.2) is 9.90 Å². The lowest BCUT2D eigenvalue weighted by molar-refractivity contribution is -0.142. The van der Waals surface area contributed by atoms with E-state index in [0.717, 1.165) is 11.1 Å². The standard InChI is InChI=1S/C9H9O2/c1-7-2-4-8(5-3-7)6-9(10)11/h2-5H,6H2,1H3. The normalized spacial score (nSPS) is 9.55. The summed E-state index contributed by atoms with van der Waals surface area (Å²) in [6, 6.07) is 7.37. The second-order valence-corrected chi connectivity index (χ2v) is 2.53. The van der Waals surface area contributed by atoms with Crippen LogP contribution in [0.15, 0.2) is 24.3 Å². The molecule has 0 unspecified atom stereocenters. The van der Waals surface area contributed by atoms with Gasteiger partial charge in [0, 0.05) is 0 Å². The van der Waals surface area contributed by atoms with Gasteiger partial charge in [-0.3, -0.25) is 0 Å². The largest absolute Gasteiger partial charge is 0.359 e.